The minimum atomic E-state index is -0.623. The van der Waals surface area contributed by atoms with E-state index in [4.69, 9.17) is 11.6 Å². The number of nitrogens with zero attached hydrogens (tertiary/aromatic N) is 1. The van der Waals surface area contributed by atoms with Crippen LogP contribution in [0.2, 0.25) is 0 Å². The summed E-state index contributed by atoms with van der Waals surface area (Å²) in [4.78, 5) is 32.1. The van der Waals surface area contributed by atoms with Crippen molar-refractivity contribution in [2.24, 2.45) is 0 Å². The van der Waals surface area contributed by atoms with Crippen LogP contribution in [0, 0.1) is 13.7 Å². The van der Waals surface area contributed by atoms with E-state index in [9.17, 15) is 19.7 Å². The van der Waals surface area contributed by atoms with Gasteiger partial charge >= 0.3 is 0 Å². The van der Waals surface area contributed by atoms with Gasteiger partial charge in [0.05, 0.1) is 10.8 Å². The number of carbonyl (C=O) groups is 2. The van der Waals surface area contributed by atoms with Gasteiger partial charge in [-0.15, -0.1) is 11.6 Å². The van der Waals surface area contributed by atoms with Crippen molar-refractivity contribution in [3.63, 3.8) is 0 Å². The fraction of sp³-hybridized carbons (Fsp3) is 0.111. The Balaban J connectivity index is 3.48. The van der Waals surface area contributed by atoms with Gasteiger partial charge in [0.25, 0.3) is 5.69 Å². The minimum absolute atomic E-state index is 0.0106. The fourth-order valence-electron chi connectivity index (χ4n) is 1.13. The molecular weight excluding hydrogens is 348 g/mol. The molecule has 0 atom stereocenters. The number of aldehydes is 1. The van der Waals surface area contributed by atoms with Crippen molar-refractivity contribution < 1.29 is 14.5 Å². The quantitative estimate of drug-likeness (QED) is 0.208. The van der Waals surface area contributed by atoms with Crippen molar-refractivity contribution in [3.8, 4) is 0 Å². The summed E-state index contributed by atoms with van der Waals surface area (Å²) in [6.45, 7) is 0. The zero-order valence-electron chi connectivity index (χ0n) is 7.78. The van der Waals surface area contributed by atoms with Crippen molar-refractivity contribution in [1.29, 1.82) is 0 Å². The van der Waals surface area contributed by atoms with E-state index in [1.807, 2.05) is 0 Å². The average molecular weight is 353 g/mol. The Hall–Kier alpha value is -1.02. The first kappa shape index (κ1) is 13.0. The van der Waals surface area contributed by atoms with Gasteiger partial charge in [-0.1, -0.05) is 0 Å². The minimum Gasteiger partial charge on any atom is -0.298 e. The highest BCUT2D eigenvalue weighted by Crippen LogP contribution is 2.23. The van der Waals surface area contributed by atoms with Crippen LogP contribution < -0.4 is 0 Å². The molecule has 0 unspecified atom stereocenters. The number of hydrogen-bond donors (Lipinski definition) is 0. The number of ketones is 1. The maximum absolute atomic E-state index is 11.4. The number of benzene rings is 1. The predicted octanol–water partition coefficient (Wildman–Crippen LogP) is 2.43. The van der Waals surface area contributed by atoms with Crippen molar-refractivity contribution in [3.05, 3.63) is 36.9 Å². The van der Waals surface area contributed by atoms with E-state index in [-0.39, 0.29) is 22.7 Å². The molecule has 0 saturated carbocycles. The van der Waals surface area contributed by atoms with Gasteiger partial charge in [-0.05, 0) is 22.6 Å². The van der Waals surface area contributed by atoms with E-state index < -0.39 is 10.7 Å². The first-order chi connectivity index (χ1) is 7.51. The second-order valence-corrected chi connectivity index (χ2v) is 4.25. The third-order valence-corrected chi connectivity index (χ3v) is 3.00. The van der Waals surface area contributed by atoms with Gasteiger partial charge in [-0.2, -0.15) is 0 Å². The molecule has 7 heteroatoms. The third kappa shape index (κ3) is 2.56. The van der Waals surface area contributed by atoms with E-state index in [1.165, 1.54) is 6.07 Å². The Kier molecular flexibility index (Phi) is 4.36. The molecule has 0 aliphatic heterocycles. The molecule has 16 heavy (non-hydrogen) atoms. The van der Waals surface area contributed by atoms with Crippen molar-refractivity contribution in [2.45, 2.75) is 0 Å². The van der Waals surface area contributed by atoms with Gasteiger partial charge in [-0.25, -0.2) is 0 Å². The summed E-state index contributed by atoms with van der Waals surface area (Å²) in [6, 6.07) is 2.30. The van der Waals surface area contributed by atoms with E-state index in [2.05, 4.69) is 0 Å². The second-order valence-electron chi connectivity index (χ2n) is 2.82. The van der Waals surface area contributed by atoms with Crippen LogP contribution in [0.1, 0.15) is 20.7 Å². The Morgan fingerprint density at radius 1 is 1.56 bits per heavy atom. The standard InChI is InChI=1S/C9H5ClINO4/c10-3-9(14)6-1-5(12(15)16)2-8(11)7(6)4-13/h1-2,4H,3H2. The van der Waals surface area contributed by atoms with Crippen molar-refractivity contribution in [2.75, 3.05) is 5.88 Å². The molecule has 0 radical (unpaired) electrons. The van der Waals surface area contributed by atoms with Crippen LogP contribution in [-0.4, -0.2) is 22.9 Å². The lowest BCUT2D eigenvalue weighted by Gasteiger charge is -2.04. The molecule has 0 saturated heterocycles. The number of non-ortho nitro benzene ring substituents is 1. The Labute approximate surface area is 109 Å². The number of alkyl halides is 1. The Morgan fingerprint density at radius 2 is 2.19 bits per heavy atom. The number of halogens is 2. The summed E-state index contributed by atoms with van der Waals surface area (Å²) < 4.78 is 0.357. The Bertz CT molecular complexity index is 475. The van der Waals surface area contributed by atoms with Crippen LogP contribution in [0.4, 0.5) is 5.69 Å². The van der Waals surface area contributed by atoms with E-state index in [0.717, 1.165) is 6.07 Å². The molecule has 0 aromatic heterocycles. The summed E-state index contributed by atoms with van der Waals surface area (Å²) in [7, 11) is 0. The number of rotatable bonds is 4. The lowest BCUT2D eigenvalue weighted by molar-refractivity contribution is -0.385. The molecule has 5 nitrogen and oxygen atoms in total. The first-order valence-electron chi connectivity index (χ1n) is 4.03. The number of nitro benzene ring substituents is 1. The van der Waals surface area contributed by atoms with E-state index >= 15 is 0 Å². The third-order valence-electron chi connectivity index (χ3n) is 1.86. The molecule has 0 bridgehead atoms. The second kappa shape index (κ2) is 5.35. The van der Waals surface area contributed by atoms with Crippen molar-refractivity contribution >= 4 is 51.9 Å². The van der Waals surface area contributed by atoms with Crippen LogP contribution in [0.15, 0.2) is 12.1 Å². The summed E-state index contributed by atoms with van der Waals surface area (Å²) in [5, 5.41) is 10.6. The molecule has 1 aromatic carbocycles. The maximum Gasteiger partial charge on any atom is 0.271 e. The van der Waals surface area contributed by atoms with Gasteiger partial charge < -0.3 is 0 Å². The number of hydrogen-bond acceptors (Lipinski definition) is 4. The molecule has 1 rings (SSSR count). The molecule has 84 valence electrons. The van der Waals surface area contributed by atoms with Gasteiger partial charge in [-0.3, -0.25) is 19.7 Å². The fourth-order valence-corrected chi connectivity index (χ4v) is 2.01. The lowest BCUT2D eigenvalue weighted by atomic mass is 10.0. The van der Waals surface area contributed by atoms with Gasteiger partial charge in [0.15, 0.2) is 12.1 Å². The summed E-state index contributed by atoms with van der Waals surface area (Å²) in [5.74, 6) is -0.830. The number of Topliss-reactive ketones (excluding diaryl/α,β-unsaturated/α-hetero) is 1. The largest absolute Gasteiger partial charge is 0.298 e. The SMILES string of the molecule is O=Cc1c(I)cc([N+](=O)[O-])cc1C(=O)CCl. The van der Waals surface area contributed by atoms with Crippen molar-refractivity contribution in [1.82, 2.24) is 0 Å². The molecule has 0 aliphatic carbocycles. The first-order valence-corrected chi connectivity index (χ1v) is 5.65. The molecule has 0 spiro atoms. The smallest absolute Gasteiger partial charge is 0.271 e. The summed E-state index contributed by atoms with van der Waals surface area (Å²) in [6.07, 6.45) is 0.491. The van der Waals surface area contributed by atoms with Crippen LogP contribution in [-0.2, 0) is 0 Å². The number of carbonyl (C=O) groups excluding carboxylic acids is 2. The zero-order valence-corrected chi connectivity index (χ0v) is 10.7. The zero-order chi connectivity index (χ0) is 12.3. The van der Waals surface area contributed by atoms with E-state index in [1.54, 1.807) is 22.6 Å². The van der Waals surface area contributed by atoms with Crippen LogP contribution in [0.3, 0.4) is 0 Å². The normalized spacial score (nSPS) is 9.88. The monoisotopic (exact) mass is 353 g/mol. The maximum atomic E-state index is 11.4. The molecule has 0 aliphatic rings. The molecule has 0 heterocycles. The number of nitro groups is 1. The lowest BCUT2D eigenvalue weighted by Crippen LogP contribution is -2.07. The molecule has 0 fully saturated rings. The van der Waals surface area contributed by atoms with Gasteiger partial charge in [0.1, 0.15) is 0 Å². The predicted molar refractivity (Wildman–Crippen MR) is 66.3 cm³/mol. The van der Waals surface area contributed by atoms with Crippen LogP contribution in [0.5, 0.6) is 0 Å². The Morgan fingerprint density at radius 3 is 2.62 bits per heavy atom. The van der Waals surface area contributed by atoms with Crippen LogP contribution in [0.25, 0.3) is 0 Å². The molecular formula is C9H5ClINO4. The summed E-state index contributed by atoms with van der Waals surface area (Å²) in [5.41, 5.74) is -0.107. The topological polar surface area (TPSA) is 77.3 Å². The molecule has 0 amide bonds. The van der Waals surface area contributed by atoms with Crippen LogP contribution >= 0.6 is 34.2 Å². The molecule has 0 N–H and O–H groups in total. The highest BCUT2D eigenvalue weighted by Gasteiger charge is 2.18. The summed E-state index contributed by atoms with van der Waals surface area (Å²) >= 11 is 7.13. The van der Waals surface area contributed by atoms with E-state index in [0.29, 0.717) is 9.86 Å². The molecule has 1 aromatic rings. The highest BCUT2D eigenvalue weighted by molar-refractivity contribution is 14.1. The highest BCUT2D eigenvalue weighted by atomic mass is 127. The average Bonchev–Trinajstić information content (AvgIpc) is 2.26. The van der Waals surface area contributed by atoms with Gasteiger partial charge in [0.2, 0.25) is 0 Å². The van der Waals surface area contributed by atoms with Gasteiger partial charge in [0, 0.05) is 26.8 Å².